The van der Waals surface area contributed by atoms with Crippen LogP contribution in [0.3, 0.4) is 0 Å². The molecule has 0 aliphatic carbocycles. The Morgan fingerprint density at radius 1 is 0.588 bits per heavy atom. The molecule has 14 heteroatoms. The third-order valence-corrected chi connectivity index (χ3v) is 6.60. The van der Waals surface area contributed by atoms with Crippen LogP contribution in [0.2, 0.25) is 0 Å². The summed E-state index contributed by atoms with van der Waals surface area (Å²) in [6.45, 7) is 1.90. The highest BCUT2D eigenvalue weighted by Gasteiger charge is 2.53. The molecule has 3 fully saturated rings. The van der Waals surface area contributed by atoms with E-state index in [0.717, 1.165) is 0 Å². The van der Waals surface area contributed by atoms with Crippen molar-refractivity contribution in [3.63, 3.8) is 0 Å². The Labute approximate surface area is 196 Å². The van der Waals surface area contributed by atoms with Crippen LogP contribution in [0.25, 0.3) is 0 Å². The molecule has 6 unspecified atom stereocenters. The van der Waals surface area contributed by atoms with E-state index in [1.807, 2.05) is 0 Å². The van der Waals surface area contributed by atoms with Gasteiger partial charge in [0.15, 0.2) is 18.9 Å². The number of ether oxygens (including phenoxy) is 6. The molecule has 200 valence electrons. The molecule has 15 atom stereocenters. The molecule has 3 rings (SSSR count). The lowest BCUT2D eigenvalue weighted by Crippen LogP contribution is -2.65. The molecule has 8 N–H and O–H groups in total. The van der Waals surface area contributed by atoms with Crippen molar-refractivity contribution in [3.8, 4) is 0 Å². The largest absolute Gasteiger partial charge is 0.394 e. The van der Waals surface area contributed by atoms with Crippen molar-refractivity contribution in [2.24, 2.45) is 5.92 Å². The van der Waals surface area contributed by atoms with Crippen molar-refractivity contribution in [3.05, 3.63) is 0 Å². The van der Waals surface area contributed by atoms with Crippen molar-refractivity contribution in [2.75, 3.05) is 20.3 Å². The topological polar surface area (TPSA) is 217 Å². The smallest absolute Gasteiger partial charge is 0.187 e. The average Bonchev–Trinajstić information content (AvgIpc) is 2.83. The molecule has 14 nitrogen and oxygen atoms in total. The van der Waals surface area contributed by atoms with E-state index in [1.54, 1.807) is 6.92 Å². The van der Waals surface area contributed by atoms with Crippen LogP contribution in [0.4, 0.5) is 0 Å². The Hall–Kier alpha value is -0.560. The lowest BCUT2D eigenvalue weighted by atomic mass is 9.91. The maximum absolute atomic E-state index is 10.4. The van der Waals surface area contributed by atoms with Gasteiger partial charge in [-0.2, -0.15) is 0 Å². The van der Waals surface area contributed by atoms with E-state index in [0.29, 0.717) is 0 Å². The van der Waals surface area contributed by atoms with Gasteiger partial charge in [0, 0.05) is 13.0 Å². The molecule has 0 aromatic carbocycles. The molecule has 0 bridgehead atoms. The lowest BCUT2D eigenvalue weighted by Gasteiger charge is -2.49. The van der Waals surface area contributed by atoms with Crippen molar-refractivity contribution in [1.29, 1.82) is 0 Å². The number of methoxy groups -OCH3 is 1. The number of hydrogen-bond acceptors (Lipinski definition) is 14. The van der Waals surface area contributed by atoms with Gasteiger partial charge in [-0.05, 0) is 6.92 Å². The highest BCUT2D eigenvalue weighted by Crippen LogP contribution is 2.35. The van der Waals surface area contributed by atoms with Crippen LogP contribution in [0.15, 0.2) is 0 Å². The van der Waals surface area contributed by atoms with Crippen molar-refractivity contribution in [2.45, 2.75) is 99.9 Å². The van der Waals surface area contributed by atoms with E-state index >= 15 is 0 Å². The summed E-state index contributed by atoms with van der Waals surface area (Å²) in [5.41, 5.74) is 0. The minimum Gasteiger partial charge on any atom is -0.394 e. The summed E-state index contributed by atoms with van der Waals surface area (Å²) < 4.78 is 33.8. The molecule has 0 aromatic rings. The quantitative estimate of drug-likeness (QED) is 0.165. The van der Waals surface area contributed by atoms with Gasteiger partial charge in [0.2, 0.25) is 0 Å². The summed E-state index contributed by atoms with van der Waals surface area (Å²) in [5.74, 6) is -0.613. The van der Waals surface area contributed by atoms with Gasteiger partial charge < -0.3 is 69.3 Å². The van der Waals surface area contributed by atoms with Crippen LogP contribution < -0.4 is 0 Å². The fraction of sp³-hybridized carbons (Fsp3) is 1.00. The lowest BCUT2D eigenvalue weighted by molar-refractivity contribution is -0.377. The molecule has 0 spiro atoms. The molecule has 0 radical (unpaired) electrons. The van der Waals surface area contributed by atoms with Crippen molar-refractivity contribution >= 4 is 0 Å². The summed E-state index contributed by atoms with van der Waals surface area (Å²) in [7, 11) is 1.37. The Morgan fingerprint density at radius 2 is 1.09 bits per heavy atom. The number of hydrogen-bond donors (Lipinski definition) is 8. The monoisotopic (exact) mass is 500 g/mol. The van der Waals surface area contributed by atoms with E-state index in [4.69, 9.17) is 28.4 Å². The maximum atomic E-state index is 10.4. The van der Waals surface area contributed by atoms with Gasteiger partial charge in [-0.15, -0.1) is 0 Å². The molecule has 3 aliphatic rings. The van der Waals surface area contributed by atoms with Crippen molar-refractivity contribution < 1.29 is 69.3 Å². The Balaban J connectivity index is 1.86. The number of aliphatic hydroxyl groups excluding tert-OH is 8. The molecule has 0 amide bonds. The van der Waals surface area contributed by atoms with Gasteiger partial charge in [-0.25, -0.2) is 0 Å². The summed E-state index contributed by atoms with van der Waals surface area (Å²) in [6, 6.07) is 0. The molecule has 3 saturated heterocycles. The van der Waals surface area contributed by atoms with E-state index < -0.39 is 105 Å². The van der Waals surface area contributed by atoms with Gasteiger partial charge in [0.05, 0.1) is 25.4 Å². The highest BCUT2D eigenvalue weighted by atomic mass is 16.8. The van der Waals surface area contributed by atoms with Crippen LogP contribution in [0.1, 0.15) is 13.8 Å². The fourth-order valence-electron chi connectivity index (χ4n) is 4.44. The van der Waals surface area contributed by atoms with Crippen LogP contribution in [-0.2, 0) is 28.4 Å². The molecule has 0 saturated carbocycles. The first-order chi connectivity index (χ1) is 16.0. The Kier molecular flexibility index (Phi) is 9.61. The average molecular weight is 500 g/mol. The Morgan fingerprint density at radius 3 is 1.65 bits per heavy atom. The van der Waals surface area contributed by atoms with E-state index in [9.17, 15) is 40.9 Å². The second-order valence-electron chi connectivity index (χ2n) is 8.90. The van der Waals surface area contributed by atoms with Crippen LogP contribution in [0, 0.1) is 5.92 Å². The first-order valence-corrected chi connectivity index (χ1v) is 11.2. The standard InChI is InChI=1S/C20H36O14/c1-6-16(33-19-14(27)12(25)10(23)7(2)30-19)17(9(5-22)32-18(6)29-3)34-20-15(28)13(26)11(24)8(4-21)31-20/h6-28H,4-5H2,1-3H3/t6?,7?,8?,9?,10-,11+,12+,13+,14?,15?,16-,17-,18-,19+,20+/m1/s1. The van der Waals surface area contributed by atoms with Crippen LogP contribution in [-0.4, -0.2) is 147 Å². The van der Waals surface area contributed by atoms with Gasteiger partial charge in [-0.1, -0.05) is 6.92 Å². The molecule has 34 heavy (non-hydrogen) atoms. The zero-order chi connectivity index (χ0) is 25.3. The zero-order valence-electron chi connectivity index (χ0n) is 19.1. The second-order valence-corrected chi connectivity index (χ2v) is 8.90. The minimum absolute atomic E-state index is 0.583. The molecular weight excluding hydrogens is 464 g/mol. The van der Waals surface area contributed by atoms with Gasteiger partial charge in [-0.3, -0.25) is 0 Å². The predicted molar refractivity (Wildman–Crippen MR) is 108 cm³/mol. The van der Waals surface area contributed by atoms with Crippen LogP contribution >= 0.6 is 0 Å². The first kappa shape index (κ1) is 28.0. The predicted octanol–water partition coefficient (Wildman–Crippen LogP) is -4.62. The SMILES string of the molecule is CO[C@@H]1OC(CO)[C@@H](O[C@@H]2OC(CO)[C@H](O)[C@H](O)C2O)[C@H](O[C@@H]2OC(C)[C@@H](O)[C@H](O)C2O)C1C. The van der Waals surface area contributed by atoms with Crippen LogP contribution in [0.5, 0.6) is 0 Å². The zero-order valence-corrected chi connectivity index (χ0v) is 19.1. The van der Waals surface area contributed by atoms with Gasteiger partial charge >= 0.3 is 0 Å². The van der Waals surface area contributed by atoms with E-state index in [2.05, 4.69) is 0 Å². The molecule has 3 aliphatic heterocycles. The normalized spacial score (nSPS) is 52.5. The summed E-state index contributed by atoms with van der Waals surface area (Å²) in [6.07, 6.45) is -18.8. The van der Waals surface area contributed by atoms with E-state index in [-0.39, 0.29) is 0 Å². The summed E-state index contributed by atoms with van der Waals surface area (Å²) in [4.78, 5) is 0. The van der Waals surface area contributed by atoms with Crippen molar-refractivity contribution in [1.82, 2.24) is 0 Å². The third kappa shape index (κ3) is 5.40. The Bertz CT molecular complexity index is 638. The van der Waals surface area contributed by atoms with E-state index in [1.165, 1.54) is 14.0 Å². The minimum atomic E-state index is -1.72. The van der Waals surface area contributed by atoms with Gasteiger partial charge in [0.1, 0.15) is 54.9 Å². The fourth-order valence-corrected chi connectivity index (χ4v) is 4.44. The molecular formula is C20H36O14. The number of rotatable bonds is 7. The highest BCUT2D eigenvalue weighted by molar-refractivity contribution is 4.95. The molecule has 3 heterocycles. The first-order valence-electron chi connectivity index (χ1n) is 11.2. The second kappa shape index (κ2) is 11.7. The maximum Gasteiger partial charge on any atom is 0.187 e. The molecule has 0 aromatic heterocycles. The van der Waals surface area contributed by atoms with Gasteiger partial charge in [0.25, 0.3) is 0 Å². The summed E-state index contributed by atoms with van der Waals surface area (Å²) in [5, 5.41) is 80.4. The summed E-state index contributed by atoms with van der Waals surface area (Å²) >= 11 is 0. The number of aliphatic hydroxyl groups is 8. The third-order valence-electron chi connectivity index (χ3n) is 6.60.